The minimum absolute atomic E-state index is 0.0692. The molecule has 0 fully saturated rings. The quantitative estimate of drug-likeness (QED) is 0.798. The molecular weight excluding hydrogens is 278 g/mol. The van der Waals surface area contributed by atoms with Gasteiger partial charge in [0.2, 0.25) is 0 Å². The summed E-state index contributed by atoms with van der Waals surface area (Å²) >= 11 is 6.25. The minimum Gasteiger partial charge on any atom is -0.493 e. The zero-order chi connectivity index (χ0) is 15.1. The van der Waals surface area contributed by atoms with Crippen LogP contribution in [0, 0.1) is 0 Å². The maximum atomic E-state index is 6.25. The Morgan fingerprint density at radius 1 is 1.20 bits per heavy atom. The van der Waals surface area contributed by atoms with Crippen LogP contribution in [0.3, 0.4) is 0 Å². The van der Waals surface area contributed by atoms with Gasteiger partial charge in [-0.15, -0.1) is 0 Å². The molecule has 0 saturated carbocycles. The molecule has 0 amide bonds. The summed E-state index contributed by atoms with van der Waals surface area (Å²) < 4.78 is 16.3. The second-order valence-electron chi connectivity index (χ2n) is 4.73. The smallest absolute Gasteiger partial charge is 0.179 e. The summed E-state index contributed by atoms with van der Waals surface area (Å²) in [6, 6.07) is 3.89. The van der Waals surface area contributed by atoms with Crippen LogP contribution in [0.25, 0.3) is 0 Å². The molecule has 1 atom stereocenters. The molecule has 114 valence electrons. The molecule has 0 saturated heterocycles. The molecule has 1 rings (SSSR count). The first-order chi connectivity index (χ1) is 9.53. The molecule has 0 spiro atoms. The average molecular weight is 302 g/mol. The Balaban J connectivity index is 3.03. The first kappa shape index (κ1) is 17.1. The van der Waals surface area contributed by atoms with Gasteiger partial charge in [-0.25, -0.2) is 0 Å². The second kappa shape index (κ2) is 8.35. The molecule has 0 heterocycles. The lowest BCUT2D eigenvalue weighted by Crippen LogP contribution is -2.26. The van der Waals surface area contributed by atoms with Crippen LogP contribution in [0.4, 0.5) is 0 Å². The fourth-order valence-electron chi connectivity index (χ4n) is 1.95. The number of methoxy groups -OCH3 is 2. The highest BCUT2D eigenvalue weighted by molar-refractivity contribution is 6.32. The summed E-state index contributed by atoms with van der Waals surface area (Å²) in [5, 5.41) is 3.93. The Hall–Kier alpha value is -0.970. The molecular formula is C15H24ClNO3. The van der Waals surface area contributed by atoms with Gasteiger partial charge in [0.25, 0.3) is 0 Å². The molecule has 4 nitrogen and oxygen atoms in total. The number of ether oxygens (including phenoxy) is 3. The summed E-state index contributed by atoms with van der Waals surface area (Å²) in [6.07, 6.45) is 0.187. The summed E-state index contributed by atoms with van der Waals surface area (Å²) in [6.45, 7) is 7.52. The lowest BCUT2D eigenvalue weighted by atomic mass is 10.1. The normalized spacial score (nSPS) is 12.6. The SMILES string of the molecule is CCNC(COC(C)C)c1cc(Cl)c(OC)c(OC)c1. The monoisotopic (exact) mass is 301 g/mol. The lowest BCUT2D eigenvalue weighted by molar-refractivity contribution is 0.0614. The van der Waals surface area contributed by atoms with Crippen LogP contribution < -0.4 is 14.8 Å². The predicted molar refractivity (Wildman–Crippen MR) is 82.1 cm³/mol. The van der Waals surface area contributed by atoms with E-state index in [0.29, 0.717) is 23.1 Å². The molecule has 0 aliphatic heterocycles. The van der Waals surface area contributed by atoms with Gasteiger partial charge < -0.3 is 19.5 Å². The number of rotatable bonds is 8. The van der Waals surface area contributed by atoms with Crippen LogP contribution in [0.2, 0.25) is 5.02 Å². The molecule has 20 heavy (non-hydrogen) atoms. The van der Waals surface area contributed by atoms with Gasteiger partial charge in [-0.2, -0.15) is 0 Å². The number of halogens is 1. The summed E-state index contributed by atoms with van der Waals surface area (Å²) in [7, 11) is 3.18. The van der Waals surface area contributed by atoms with Crippen molar-refractivity contribution in [1.29, 1.82) is 0 Å². The van der Waals surface area contributed by atoms with Gasteiger partial charge in [0.1, 0.15) is 0 Å². The molecule has 1 unspecified atom stereocenters. The predicted octanol–water partition coefficient (Wildman–Crippen LogP) is 3.43. The topological polar surface area (TPSA) is 39.7 Å². The van der Waals surface area contributed by atoms with Gasteiger partial charge in [-0.3, -0.25) is 0 Å². The third kappa shape index (κ3) is 4.54. The number of nitrogens with one attached hydrogen (secondary N) is 1. The largest absolute Gasteiger partial charge is 0.493 e. The maximum Gasteiger partial charge on any atom is 0.179 e. The third-order valence-corrected chi connectivity index (χ3v) is 3.19. The molecule has 0 bridgehead atoms. The summed E-state index contributed by atoms with van der Waals surface area (Å²) in [5.41, 5.74) is 1.02. The van der Waals surface area contributed by atoms with E-state index in [-0.39, 0.29) is 12.1 Å². The van der Waals surface area contributed by atoms with Crippen molar-refractivity contribution < 1.29 is 14.2 Å². The van der Waals surface area contributed by atoms with Crippen molar-refractivity contribution in [3.8, 4) is 11.5 Å². The van der Waals surface area contributed by atoms with Crippen molar-refractivity contribution in [1.82, 2.24) is 5.32 Å². The lowest BCUT2D eigenvalue weighted by Gasteiger charge is -2.21. The standard InChI is InChI=1S/C15H24ClNO3/c1-6-17-13(9-20-10(2)3)11-7-12(16)15(19-5)14(8-11)18-4/h7-8,10,13,17H,6,9H2,1-5H3. The van der Waals surface area contributed by atoms with Gasteiger partial charge in [0, 0.05) is 0 Å². The molecule has 5 heteroatoms. The van der Waals surface area contributed by atoms with Crippen LogP contribution in [0.5, 0.6) is 11.5 Å². The van der Waals surface area contributed by atoms with E-state index >= 15 is 0 Å². The molecule has 0 radical (unpaired) electrons. The van der Waals surface area contributed by atoms with E-state index in [1.54, 1.807) is 14.2 Å². The van der Waals surface area contributed by atoms with Gasteiger partial charge in [0.15, 0.2) is 11.5 Å². The van der Waals surface area contributed by atoms with Gasteiger partial charge >= 0.3 is 0 Å². The summed E-state index contributed by atoms with van der Waals surface area (Å²) in [5.74, 6) is 1.18. The Kier molecular flexibility index (Phi) is 7.13. The first-order valence-electron chi connectivity index (χ1n) is 6.79. The third-order valence-electron chi connectivity index (χ3n) is 2.91. The van der Waals surface area contributed by atoms with Crippen molar-refractivity contribution in [2.24, 2.45) is 0 Å². The van der Waals surface area contributed by atoms with Crippen LogP contribution in [0.15, 0.2) is 12.1 Å². The van der Waals surface area contributed by atoms with Crippen LogP contribution in [-0.2, 0) is 4.74 Å². The van der Waals surface area contributed by atoms with E-state index in [0.717, 1.165) is 12.1 Å². The van der Waals surface area contributed by atoms with Gasteiger partial charge in [-0.1, -0.05) is 18.5 Å². The zero-order valence-corrected chi connectivity index (χ0v) is 13.6. The van der Waals surface area contributed by atoms with Crippen molar-refractivity contribution in [3.63, 3.8) is 0 Å². The van der Waals surface area contributed by atoms with Crippen LogP contribution >= 0.6 is 11.6 Å². The molecule has 1 N–H and O–H groups in total. The molecule has 0 aromatic heterocycles. The van der Waals surface area contributed by atoms with E-state index in [1.165, 1.54) is 0 Å². The number of hydrogen-bond donors (Lipinski definition) is 1. The highest BCUT2D eigenvalue weighted by Crippen LogP contribution is 2.37. The second-order valence-corrected chi connectivity index (χ2v) is 5.14. The molecule has 0 aliphatic rings. The molecule has 1 aromatic carbocycles. The van der Waals surface area contributed by atoms with E-state index in [1.807, 2.05) is 26.0 Å². The number of hydrogen-bond acceptors (Lipinski definition) is 4. The number of likely N-dealkylation sites (N-methyl/N-ethyl adjacent to an activating group) is 1. The van der Waals surface area contributed by atoms with E-state index in [4.69, 9.17) is 25.8 Å². The Morgan fingerprint density at radius 3 is 2.40 bits per heavy atom. The Morgan fingerprint density at radius 2 is 1.90 bits per heavy atom. The van der Waals surface area contributed by atoms with Crippen molar-refractivity contribution in [3.05, 3.63) is 22.7 Å². The highest BCUT2D eigenvalue weighted by Gasteiger charge is 2.17. The fourth-order valence-corrected chi connectivity index (χ4v) is 2.24. The Labute approximate surface area is 126 Å². The van der Waals surface area contributed by atoms with Crippen LogP contribution in [-0.4, -0.2) is 33.5 Å². The number of benzene rings is 1. The van der Waals surface area contributed by atoms with Crippen LogP contribution in [0.1, 0.15) is 32.4 Å². The Bertz CT molecular complexity index is 424. The van der Waals surface area contributed by atoms with Crippen molar-refractivity contribution in [2.45, 2.75) is 32.9 Å². The van der Waals surface area contributed by atoms with Gasteiger partial charge in [-0.05, 0) is 38.1 Å². The average Bonchev–Trinajstić information content (AvgIpc) is 2.42. The van der Waals surface area contributed by atoms with E-state index in [9.17, 15) is 0 Å². The van der Waals surface area contributed by atoms with E-state index in [2.05, 4.69) is 12.2 Å². The first-order valence-corrected chi connectivity index (χ1v) is 7.17. The summed E-state index contributed by atoms with van der Waals surface area (Å²) in [4.78, 5) is 0. The highest BCUT2D eigenvalue weighted by atomic mass is 35.5. The maximum absolute atomic E-state index is 6.25. The molecule has 0 aliphatic carbocycles. The van der Waals surface area contributed by atoms with Crippen molar-refractivity contribution >= 4 is 11.6 Å². The van der Waals surface area contributed by atoms with Crippen molar-refractivity contribution in [2.75, 3.05) is 27.4 Å². The zero-order valence-electron chi connectivity index (χ0n) is 12.8. The fraction of sp³-hybridized carbons (Fsp3) is 0.600. The minimum atomic E-state index is 0.0692. The molecule has 1 aromatic rings. The van der Waals surface area contributed by atoms with Gasteiger partial charge in [0.05, 0.1) is 38.0 Å². The van der Waals surface area contributed by atoms with E-state index < -0.39 is 0 Å².